The van der Waals surface area contributed by atoms with Gasteiger partial charge in [-0.3, -0.25) is 14.5 Å². The number of carbonyl (C=O) groups is 3. The summed E-state index contributed by atoms with van der Waals surface area (Å²) in [6.07, 6.45) is -3.28. The molecular formula is C31H27F3N4O4. The van der Waals surface area contributed by atoms with E-state index < -0.39 is 41.7 Å². The molecule has 0 aliphatic carbocycles. The average Bonchev–Trinajstić information content (AvgIpc) is 3.31. The van der Waals surface area contributed by atoms with Crippen LogP contribution in [0.5, 0.6) is 5.75 Å². The van der Waals surface area contributed by atoms with Crippen molar-refractivity contribution in [2.75, 3.05) is 25.5 Å². The van der Waals surface area contributed by atoms with Crippen molar-refractivity contribution >= 4 is 23.5 Å². The lowest BCUT2D eigenvalue weighted by Gasteiger charge is -2.33. The number of alkyl halides is 3. The first-order valence-electron chi connectivity index (χ1n) is 13.0. The lowest BCUT2D eigenvalue weighted by molar-refractivity contribution is -0.138. The summed E-state index contributed by atoms with van der Waals surface area (Å²) >= 11 is 0. The molecule has 2 aliphatic heterocycles. The molecule has 0 saturated carbocycles. The number of halogens is 3. The number of nitrogens with zero attached hydrogens (tertiary/aromatic N) is 2. The molecule has 42 heavy (non-hydrogen) atoms. The molecule has 0 bridgehead atoms. The average molecular weight is 577 g/mol. The monoisotopic (exact) mass is 576 g/mol. The molecule has 2 atom stereocenters. The van der Waals surface area contributed by atoms with Gasteiger partial charge in [-0.15, -0.1) is 6.58 Å². The second-order valence-corrected chi connectivity index (χ2v) is 9.69. The van der Waals surface area contributed by atoms with Crippen molar-refractivity contribution < 1.29 is 32.3 Å². The van der Waals surface area contributed by atoms with Crippen LogP contribution in [0.4, 0.5) is 23.7 Å². The molecule has 0 spiro atoms. The minimum atomic E-state index is -4.73. The van der Waals surface area contributed by atoms with Crippen molar-refractivity contribution in [3.05, 3.63) is 119 Å². The SMILES string of the molecule is C=CCN1C(=O)N[C@H](c2ccccc2C(F)(F)F)C2=C1CN([C@H](C(=O)Nc1ccc(OC)cc1)c1ccccc1)C2=O. The minimum Gasteiger partial charge on any atom is -0.497 e. The molecule has 11 heteroatoms. The van der Waals surface area contributed by atoms with Gasteiger partial charge in [-0.05, 0) is 41.5 Å². The highest BCUT2D eigenvalue weighted by atomic mass is 19.4. The maximum absolute atomic E-state index is 14.2. The van der Waals surface area contributed by atoms with Gasteiger partial charge in [-0.25, -0.2) is 4.79 Å². The molecule has 2 heterocycles. The summed E-state index contributed by atoms with van der Waals surface area (Å²) in [7, 11) is 1.52. The molecule has 2 N–H and O–H groups in total. The number of urea groups is 1. The fourth-order valence-corrected chi connectivity index (χ4v) is 5.28. The second kappa shape index (κ2) is 11.4. The van der Waals surface area contributed by atoms with Gasteiger partial charge < -0.3 is 20.3 Å². The summed E-state index contributed by atoms with van der Waals surface area (Å²) in [6, 6.07) is 16.8. The highest BCUT2D eigenvalue weighted by Crippen LogP contribution is 2.43. The first-order chi connectivity index (χ1) is 20.1. The normalized spacial score (nSPS) is 17.5. The summed E-state index contributed by atoms with van der Waals surface area (Å²) in [4.78, 5) is 43.7. The molecule has 8 nitrogen and oxygen atoms in total. The Morgan fingerprint density at radius 3 is 2.38 bits per heavy atom. The van der Waals surface area contributed by atoms with Gasteiger partial charge in [0.15, 0.2) is 0 Å². The molecule has 3 aromatic rings. The van der Waals surface area contributed by atoms with Gasteiger partial charge in [0, 0.05) is 12.2 Å². The zero-order chi connectivity index (χ0) is 30.0. The molecule has 3 aromatic carbocycles. The van der Waals surface area contributed by atoms with Gasteiger partial charge in [0.25, 0.3) is 11.8 Å². The Labute approximate surface area is 240 Å². The Bertz CT molecular complexity index is 1550. The van der Waals surface area contributed by atoms with Crippen LogP contribution < -0.4 is 15.4 Å². The Hall–Kier alpha value is -5.06. The number of rotatable bonds is 8. The Morgan fingerprint density at radius 1 is 1.07 bits per heavy atom. The third-order valence-electron chi connectivity index (χ3n) is 7.17. The van der Waals surface area contributed by atoms with Gasteiger partial charge in [-0.1, -0.05) is 54.6 Å². The zero-order valence-electron chi connectivity index (χ0n) is 22.5. The Kier molecular flexibility index (Phi) is 7.75. The van der Waals surface area contributed by atoms with E-state index in [9.17, 15) is 27.6 Å². The van der Waals surface area contributed by atoms with E-state index in [-0.39, 0.29) is 29.9 Å². The lowest BCUT2D eigenvalue weighted by Crippen LogP contribution is -2.47. The summed E-state index contributed by atoms with van der Waals surface area (Å²) in [6.45, 7) is 3.49. The van der Waals surface area contributed by atoms with Crippen LogP contribution in [0, 0.1) is 0 Å². The molecule has 5 rings (SSSR count). The lowest BCUT2D eigenvalue weighted by atomic mass is 9.91. The number of anilines is 1. The van der Waals surface area contributed by atoms with Crippen molar-refractivity contribution in [1.29, 1.82) is 0 Å². The van der Waals surface area contributed by atoms with Gasteiger partial charge in [0.1, 0.15) is 11.8 Å². The standard InChI is InChI=1S/C31H27F3N4O4/c1-3-17-37-24-18-38(27(19-9-5-4-6-10-19)28(39)35-20-13-15-21(42-2)16-14-20)29(40)25(24)26(36-30(37)41)22-11-7-8-12-23(22)31(32,33)34/h3-16,26-27H,1,17-18H2,2H3,(H,35,39)(H,36,41)/t26-,27+/m1/s1. The number of ether oxygens (including phenoxy) is 1. The number of nitrogens with one attached hydrogen (secondary N) is 2. The third kappa shape index (κ3) is 5.32. The van der Waals surface area contributed by atoms with Crippen molar-refractivity contribution in [1.82, 2.24) is 15.1 Å². The highest BCUT2D eigenvalue weighted by molar-refractivity contribution is 6.05. The van der Waals surface area contributed by atoms with Gasteiger partial charge in [0.2, 0.25) is 0 Å². The van der Waals surface area contributed by atoms with E-state index in [0.29, 0.717) is 17.0 Å². The first kappa shape index (κ1) is 28.5. The van der Waals surface area contributed by atoms with Crippen molar-refractivity contribution in [3.63, 3.8) is 0 Å². The summed E-state index contributed by atoms with van der Waals surface area (Å²) < 4.78 is 47.2. The van der Waals surface area contributed by atoms with Crippen LogP contribution in [0.25, 0.3) is 0 Å². The van der Waals surface area contributed by atoms with Crippen molar-refractivity contribution in [2.24, 2.45) is 0 Å². The predicted molar refractivity (Wildman–Crippen MR) is 149 cm³/mol. The van der Waals surface area contributed by atoms with Crippen molar-refractivity contribution in [2.45, 2.75) is 18.3 Å². The van der Waals surface area contributed by atoms with Crippen LogP contribution in [0.15, 0.2) is 103 Å². The Morgan fingerprint density at radius 2 is 1.74 bits per heavy atom. The molecule has 0 radical (unpaired) electrons. The predicted octanol–water partition coefficient (Wildman–Crippen LogP) is 5.44. The second-order valence-electron chi connectivity index (χ2n) is 9.69. The zero-order valence-corrected chi connectivity index (χ0v) is 22.5. The number of benzene rings is 3. The molecule has 0 saturated heterocycles. The molecular weight excluding hydrogens is 549 g/mol. The van der Waals surface area contributed by atoms with Crippen LogP contribution in [-0.4, -0.2) is 47.8 Å². The number of hydrogen-bond donors (Lipinski definition) is 2. The van der Waals surface area contributed by atoms with E-state index in [1.807, 2.05) is 0 Å². The number of methoxy groups -OCH3 is 1. The van der Waals surface area contributed by atoms with Crippen molar-refractivity contribution in [3.8, 4) is 5.75 Å². The minimum absolute atomic E-state index is 0.00741. The number of carbonyl (C=O) groups excluding carboxylic acids is 3. The van der Waals surface area contributed by atoms with Gasteiger partial charge in [0.05, 0.1) is 36.5 Å². The smallest absolute Gasteiger partial charge is 0.416 e. The fraction of sp³-hybridized carbons (Fsp3) is 0.194. The molecule has 2 aliphatic rings. The molecule has 0 fully saturated rings. The van der Waals surface area contributed by atoms with E-state index in [0.717, 1.165) is 6.07 Å². The number of hydrogen-bond acceptors (Lipinski definition) is 4. The maximum Gasteiger partial charge on any atom is 0.416 e. The summed E-state index contributed by atoms with van der Waals surface area (Å²) in [5, 5.41) is 5.40. The van der Waals surface area contributed by atoms with E-state index in [2.05, 4.69) is 17.2 Å². The fourth-order valence-electron chi connectivity index (χ4n) is 5.28. The van der Waals surface area contributed by atoms with Crippen LogP contribution in [-0.2, 0) is 15.8 Å². The van der Waals surface area contributed by atoms with E-state index in [4.69, 9.17) is 4.74 Å². The van der Waals surface area contributed by atoms with Crippen LogP contribution >= 0.6 is 0 Å². The Balaban J connectivity index is 1.57. The van der Waals surface area contributed by atoms with Crippen LogP contribution in [0.3, 0.4) is 0 Å². The molecule has 216 valence electrons. The van der Waals surface area contributed by atoms with Crippen LogP contribution in [0.2, 0.25) is 0 Å². The summed E-state index contributed by atoms with van der Waals surface area (Å²) in [5.74, 6) is -0.620. The van der Waals surface area contributed by atoms with E-state index in [1.54, 1.807) is 54.6 Å². The van der Waals surface area contributed by atoms with Gasteiger partial charge >= 0.3 is 12.2 Å². The highest BCUT2D eigenvalue weighted by Gasteiger charge is 2.49. The van der Waals surface area contributed by atoms with E-state index in [1.165, 1.54) is 41.2 Å². The quantitative estimate of drug-likeness (QED) is 0.350. The maximum atomic E-state index is 14.2. The number of amides is 4. The van der Waals surface area contributed by atoms with Gasteiger partial charge in [-0.2, -0.15) is 13.2 Å². The topological polar surface area (TPSA) is 91.0 Å². The van der Waals surface area contributed by atoms with E-state index >= 15 is 0 Å². The first-order valence-corrected chi connectivity index (χ1v) is 13.0. The molecule has 0 unspecified atom stereocenters. The largest absolute Gasteiger partial charge is 0.497 e. The molecule has 0 aromatic heterocycles. The third-order valence-corrected chi connectivity index (χ3v) is 7.17. The summed E-state index contributed by atoms with van der Waals surface area (Å²) in [5.41, 5.74) is -0.123. The molecule has 4 amide bonds. The van der Waals surface area contributed by atoms with Crippen LogP contribution in [0.1, 0.15) is 28.8 Å².